The molecule has 2 saturated heterocycles. The summed E-state index contributed by atoms with van der Waals surface area (Å²) in [5.41, 5.74) is 9.59. The lowest BCUT2D eigenvalue weighted by Crippen LogP contribution is -2.37. The van der Waals surface area contributed by atoms with Gasteiger partial charge in [0.05, 0.1) is 30.0 Å². The Labute approximate surface area is 237 Å². The van der Waals surface area contributed by atoms with E-state index in [-0.39, 0.29) is 17.7 Å². The summed E-state index contributed by atoms with van der Waals surface area (Å²) in [6, 6.07) is 23.1. The van der Waals surface area contributed by atoms with Gasteiger partial charge in [-0.25, -0.2) is 0 Å². The number of nitrogen functional groups attached to an aromatic ring is 1. The summed E-state index contributed by atoms with van der Waals surface area (Å²) in [6.07, 6.45) is 6.39. The second-order valence-electron chi connectivity index (χ2n) is 10.1. The first kappa shape index (κ1) is 27.1. The number of nitrogens with zero attached hydrogens (tertiary/aromatic N) is 1. The summed E-state index contributed by atoms with van der Waals surface area (Å²) in [5.74, 6) is -0.566. The molecule has 1 unspecified atom stereocenters. The number of amides is 2. The molecule has 3 aromatic rings. The molecule has 3 atom stereocenters. The van der Waals surface area contributed by atoms with Crippen molar-refractivity contribution in [2.75, 3.05) is 36.1 Å². The summed E-state index contributed by atoms with van der Waals surface area (Å²) in [7, 11) is 0. The minimum absolute atomic E-state index is 0.0216. The highest BCUT2D eigenvalue weighted by Crippen LogP contribution is 2.30. The Morgan fingerprint density at radius 1 is 1.05 bits per heavy atom. The molecule has 2 fully saturated rings. The third-order valence-corrected chi connectivity index (χ3v) is 7.89. The first-order chi connectivity index (χ1) is 18.9. The van der Waals surface area contributed by atoms with E-state index in [1.807, 2.05) is 60.7 Å². The molecule has 4 N–H and O–H groups in total. The lowest BCUT2D eigenvalue weighted by atomic mass is 9.92. The normalized spacial score (nSPS) is 19.3. The molecule has 2 aliphatic rings. The summed E-state index contributed by atoms with van der Waals surface area (Å²) in [5, 5.41) is 5.87. The molecule has 2 heterocycles. The molecule has 0 saturated carbocycles. The molecule has 0 aliphatic carbocycles. The number of nitrogens with one attached hydrogen (secondary N) is 2. The number of nitrogens with two attached hydrogens (primary N) is 1. The zero-order valence-corrected chi connectivity index (χ0v) is 23.3. The van der Waals surface area contributed by atoms with Crippen molar-refractivity contribution in [2.24, 2.45) is 0 Å². The average molecular weight is 590 g/mol. The first-order valence-electron chi connectivity index (χ1n) is 13.3. The van der Waals surface area contributed by atoms with Crippen LogP contribution >= 0.6 is 15.9 Å². The number of rotatable bonds is 10. The lowest BCUT2D eigenvalue weighted by molar-refractivity contribution is -0.117. The number of fused-ring (bicyclic) bond motifs is 2. The minimum atomic E-state index is -0.285. The number of halogens is 1. The maximum absolute atomic E-state index is 13.4. The molecule has 2 bridgehead atoms. The van der Waals surface area contributed by atoms with Gasteiger partial charge < -0.3 is 21.1 Å². The number of ether oxygens (including phenoxy) is 1. The summed E-state index contributed by atoms with van der Waals surface area (Å²) in [6.45, 7) is 2.78. The van der Waals surface area contributed by atoms with Gasteiger partial charge in [-0.1, -0.05) is 52.3 Å². The van der Waals surface area contributed by atoms with Crippen molar-refractivity contribution in [3.63, 3.8) is 0 Å². The molecule has 39 heavy (non-hydrogen) atoms. The van der Waals surface area contributed by atoms with E-state index in [2.05, 4.69) is 31.5 Å². The number of hydrogen-bond acceptors (Lipinski definition) is 5. The Bertz CT molecular complexity index is 1330. The highest BCUT2D eigenvalue weighted by molar-refractivity contribution is 9.10. The van der Waals surface area contributed by atoms with Gasteiger partial charge in [0.15, 0.2) is 0 Å². The molecule has 2 amide bonds. The molecule has 8 heteroatoms. The van der Waals surface area contributed by atoms with Crippen molar-refractivity contribution < 1.29 is 14.3 Å². The van der Waals surface area contributed by atoms with Gasteiger partial charge in [-0.3, -0.25) is 14.5 Å². The SMILES string of the molecule is Nc1ccccc1NC(=O)/C=C/c1ccc(C(CCCN2C[C@H]3C[C@@H]2CO3)C(=O)Nc2ccc(Br)cc2)cc1. The largest absolute Gasteiger partial charge is 0.397 e. The zero-order valence-electron chi connectivity index (χ0n) is 21.7. The third kappa shape index (κ3) is 7.15. The van der Waals surface area contributed by atoms with Crippen LogP contribution in [0.3, 0.4) is 0 Å². The van der Waals surface area contributed by atoms with Crippen LogP contribution in [-0.2, 0) is 14.3 Å². The van der Waals surface area contributed by atoms with Crippen molar-refractivity contribution in [1.29, 1.82) is 0 Å². The number of benzene rings is 3. The lowest BCUT2D eigenvalue weighted by Gasteiger charge is -2.27. The summed E-state index contributed by atoms with van der Waals surface area (Å²) >= 11 is 3.44. The van der Waals surface area contributed by atoms with Crippen LogP contribution in [0, 0.1) is 0 Å². The quantitative estimate of drug-likeness (QED) is 0.210. The summed E-state index contributed by atoms with van der Waals surface area (Å²) < 4.78 is 6.69. The minimum Gasteiger partial charge on any atom is -0.397 e. The molecular formula is C31H33BrN4O3. The van der Waals surface area contributed by atoms with Crippen LogP contribution in [0.4, 0.5) is 17.1 Å². The van der Waals surface area contributed by atoms with Gasteiger partial charge in [-0.15, -0.1) is 0 Å². The van der Waals surface area contributed by atoms with Gasteiger partial charge >= 0.3 is 0 Å². The molecule has 0 radical (unpaired) electrons. The first-order valence-corrected chi connectivity index (χ1v) is 14.1. The fraction of sp³-hybridized carbons (Fsp3) is 0.290. The van der Waals surface area contributed by atoms with Gasteiger partial charge in [0.1, 0.15) is 0 Å². The highest BCUT2D eigenvalue weighted by atomic mass is 79.9. The fourth-order valence-electron chi connectivity index (χ4n) is 5.26. The number of morpholine rings is 1. The Hall–Kier alpha value is -3.46. The van der Waals surface area contributed by atoms with E-state index in [9.17, 15) is 9.59 Å². The maximum atomic E-state index is 13.4. The number of carbonyl (C=O) groups is 2. The predicted molar refractivity (Wildman–Crippen MR) is 159 cm³/mol. The van der Waals surface area contributed by atoms with Gasteiger partial charge in [-0.2, -0.15) is 0 Å². The van der Waals surface area contributed by atoms with Crippen LogP contribution in [0.25, 0.3) is 6.08 Å². The van der Waals surface area contributed by atoms with E-state index in [4.69, 9.17) is 10.5 Å². The Morgan fingerprint density at radius 3 is 2.51 bits per heavy atom. The van der Waals surface area contributed by atoms with E-state index >= 15 is 0 Å². The second kappa shape index (κ2) is 12.6. The van der Waals surface area contributed by atoms with E-state index in [0.717, 1.165) is 60.2 Å². The number of hydrogen-bond donors (Lipinski definition) is 3. The standard InChI is InChI=1S/C31H33BrN4O3/c32-23-12-14-24(15-13-23)34-31(38)27(4-3-17-36-19-26-18-25(36)20-39-26)22-10-7-21(8-11-22)9-16-30(37)35-29-6-2-1-5-28(29)33/h1-2,5-16,25-27H,3-4,17-20,33H2,(H,34,38)(H,35,37)/b16-9+/t25-,26-,27?/m1/s1. The molecule has 0 aromatic heterocycles. The predicted octanol–water partition coefficient (Wildman–Crippen LogP) is 5.66. The number of carbonyl (C=O) groups excluding carboxylic acids is 2. The monoisotopic (exact) mass is 588 g/mol. The van der Waals surface area contributed by atoms with Crippen LogP contribution in [0.5, 0.6) is 0 Å². The van der Waals surface area contributed by atoms with Crippen LogP contribution in [0.15, 0.2) is 83.3 Å². The molecular weight excluding hydrogens is 556 g/mol. The van der Waals surface area contributed by atoms with Crippen molar-refractivity contribution in [1.82, 2.24) is 4.90 Å². The molecule has 2 aliphatic heterocycles. The maximum Gasteiger partial charge on any atom is 0.248 e. The van der Waals surface area contributed by atoms with Crippen molar-refractivity contribution in [2.45, 2.75) is 37.3 Å². The van der Waals surface area contributed by atoms with Gasteiger partial charge in [0.25, 0.3) is 0 Å². The van der Waals surface area contributed by atoms with E-state index in [0.29, 0.717) is 23.5 Å². The topological polar surface area (TPSA) is 96.7 Å². The number of anilines is 3. The molecule has 202 valence electrons. The van der Waals surface area contributed by atoms with Crippen LogP contribution in [0.1, 0.15) is 36.3 Å². The van der Waals surface area contributed by atoms with Gasteiger partial charge in [-0.05, 0) is 79.4 Å². The molecule has 7 nitrogen and oxygen atoms in total. The Kier molecular flexibility index (Phi) is 8.76. The van der Waals surface area contributed by atoms with E-state index < -0.39 is 0 Å². The smallest absolute Gasteiger partial charge is 0.248 e. The van der Waals surface area contributed by atoms with Gasteiger partial charge in [0, 0.05) is 28.8 Å². The number of para-hydroxylation sites is 2. The van der Waals surface area contributed by atoms with E-state index in [1.165, 1.54) is 6.08 Å². The van der Waals surface area contributed by atoms with Crippen molar-refractivity contribution in [3.8, 4) is 0 Å². The van der Waals surface area contributed by atoms with Crippen molar-refractivity contribution >= 4 is 50.9 Å². The fourth-order valence-corrected chi connectivity index (χ4v) is 5.52. The van der Waals surface area contributed by atoms with Crippen LogP contribution in [-0.4, -0.2) is 48.6 Å². The van der Waals surface area contributed by atoms with Crippen LogP contribution in [0.2, 0.25) is 0 Å². The number of likely N-dealkylation sites (tertiary alicyclic amines) is 1. The average Bonchev–Trinajstić information content (AvgIpc) is 3.57. The molecule has 3 aromatic carbocycles. The molecule has 5 rings (SSSR count). The van der Waals surface area contributed by atoms with Crippen LogP contribution < -0.4 is 16.4 Å². The molecule has 0 spiro atoms. The van der Waals surface area contributed by atoms with Gasteiger partial charge in [0.2, 0.25) is 11.8 Å². The van der Waals surface area contributed by atoms with Crippen molar-refractivity contribution in [3.05, 3.63) is 94.5 Å². The zero-order chi connectivity index (χ0) is 27.2. The highest BCUT2D eigenvalue weighted by Gasteiger charge is 2.38. The summed E-state index contributed by atoms with van der Waals surface area (Å²) in [4.78, 5) is 28.3. The Morgan fingerprint density at radius 2 is 1.82 bits per heavy atom. The third-order valence-electron chi connectivity index (χ3n) is 7.36. The second-order valence-corrected chi connectivity index (χ2v) is 11.0. The van der Waals surface area contributed by atoms with E-state index in [1.54, 1.807) is 18.2 Å². The Balaban J connectivity index is 1.24.